The van der Waals surface area contributed by atoms with Gasteiger partial charge in [0.05, 0.1) is 11.1 Å². The number of pyridine rings is 1. The van der Waals surface area contributed by atoms with E-state index in [-0.39, 0.29) is 16.8 Å². The maximum atomic E-state index is 12.8. The van der Waals surface area contributed by atoms with E-state index in [9.17, 15) is 31.1 Å². The molecule has 0 unspecified atom stereocenters. The van der Waals surface area contributed by atoms with Crippen molar-refractivity contribution >= 4 is 5.78 Å². The summed E-state index contributed by atoms with van der Waals surface area (Å²) in [5, 5.41) is 0. The number of carbonyl (C=O) groups is 1. The van der Waals surface area contributed by atoms with Crippen molar-refractivity contribution in [1.82, 2.24) is 4.98 Å². The van der Waals surface area contributed by atoms with Crippen molar-refractivity contribution in [2.75, 3.05) is 0 Å². The van der Waals surface area contributed by atoms with Crippen LogP contribution < -0.4 is 0 Å². The molecule has 8 heteroatoms. The summed E-state index contributed by atoms with van der Waals surface area (Å²) >= 11 is 0. The summed E-state index contributed by atoms with van der Waals surface area (Å²) in [4.78, 5) is 15.0. The minimum atomic E-state index is -4.72. The summed E-state index contributed by atoms with van der Waals surface area (Å²) in [7, 11) is 0. The predicted molar refractivity (Wildman–Crippen MR) is 69.7 cm³/mol. The molecule has 122 valence electrons. The Morgan fingerprint density at radius 2 is 1.57 bits per heavy atom. The molecule has 0 saturated heterocycles. The number of carbonyl (C=O) groups excluding carboxylic acids is 1. The molecular weight excluding hydrogens is 324 g/mol. The quantitative estimate of drug-likeness (QED) is 0.572. The van der Waals surface area contributed by atoms with E-state index in [0.29, 0.717) is 18.3 Å². The van der Waals surface area contributed by atoms with Crippen molar-refractivity contribution in [2.45, 2.75) is 19.3 Å². The van der Waals surface area contributed by atoms with Gasteiger partial charge in [0, 0.05) is 18.7 Å². The first-order valence-electron chi connectivity index (χ1n) is 6.26. The first-order chi connectivity index (χ1) is 10.5. The van der Waals surface area contributed by atoms with Gasteiger partial charge in [-0.05, 0) is 23.8 Å². The third kappa shape index (κ3) is 3.69. The highest BCUT2D eigenvalue weighted by Gasteiger charge is 2.33. The molecule has 0 bridgehead atoms. The van der Waals surface area contributed by atoms with Crippen LogP contribution in [0.15, 0.2) is 36.5 Å². The molecule has 0 radical (unpaired) electrons. The van der Waals surface area contributed by atoms with Crippen LogP contribution in [0.1, 0.15) is 28.5 Å². The first kappa shape index (κ1) is 17.0. The van der Waals surface area contributed by atoms with E-state index in [0.717, 1.165) is 19.1 Å². The normalized spacial score (nSPS) is 12.3. The molecule has 0 saturated carbocycles. The van der Waals surface area contributed by atoms with Crippen molar-refractivity contribution in [3.05, 3.63) is 53.3 Å². The zero-order valence-corrected chi connectivity index (χ0v) is 11.6. The average Bonchev–Trinajstić information content (AvgIpc) is 2.45. The highest BCUT2D eigenvalue weighted by atomic mass is 19.4. The summed E-state index contributed by atoms with van der Waals surface area (Å²) in [6, 6.07) is 4.35. The molecule has 2 aromatic rings. The van der Waals surface area contributed by atoms with Crippen LogP contribution in [-0.2, 0) is 12.4 Å². The molecule has 1 heterocycles. The molecule has 0 spiro atoms. The number of benzene rings is 1. The van der Waals surface area contributed by atoms with Gasteiger partial charge >= 0.3 is 12.4 Å². The maximum absolute atomic E-state index is 12.8. The van der Waals surface area contributed by atoms with Crippen LogP contribution in [0, 0.1) is 0 Å². The van der Waals surface area contributed by atoms with E-state index in [4.69, 9.17) is 0 Å². The topological polar surface area (TPSA) is 30.0 Å². The van der Waals surface area contributed by atoms with Gasteiger partial charge in [-0.25, -0.2) is 0 Å². The number of Topliss-reactive ketones (excluding diaryl/α,β-unsaturated/α-hetero) is 1. The second-order valence-corrected chi connectivity index (χ2v) is 4.75. The second-order valence-electron chi connectivity index (χ2n) is 4.75. The van der Waals surface area contributed by atoms with Gasteiger partial charge in [0.2, 0.25) is 0 Å². The highest BCUT2D eigenvalue weighted by molar-refractivity contribution is 5.99. The summed E-state index contributed by atoms with van der Waals surface area (Å²) in [5.74, 6) is -0.647. The van der Waals surface area contributed by atoms with Gasteiger partial charge in [0.1, 0.15) is 5.69 Å². The Balaban J connectivity index is 2.68. The number of alkyl halides is 6. The smallest absolute Gasteiger partial charge is 0.293 e. The lowest BCUT2D eigenvalue weighted by Gasteiger charge is -2.13. The molecule has 0 N–H and O–H groups in total. The molecule has 1 aromatic carbocycles. The Labute approximate surface area is 126 Å². The average molecular weight is 333 g/mol. The van der Waals surface area contributed by atoms with Crippen molar-refractivity contribution in [3.8, 4) is 11.1 Å². The van der Waals surface area contributed by atoms with Crippen LogP contribution in [0.5, 0.6) is 0 Å². The van der Waals surface area contributed by atoms with E-state index in [1.165, 1.54) is 6.07 Å². The van der Waals surface area contributed by atoms with Crippen LogP contribution in [0.25, 0.3) is 11.1 Å². The molecule has 0 aliphatic heterocycles. The zero-order chi connectivity index (χ0) is 17.4. The van der Waals surface area contributed by atoms with Crippen molar-refractivity contribution in [1.29, 1.82) is 0 Å². The number of ketones is 1. The van der Waals surface area contributed by atoms with E-state index in [2.05, 4.69) is 4.98 Å². The molecule has 1 aromatic heterocycles. The highest BCUT2D eigenvalue weighted by Crippen LogP contribution is 2.36. The summed E-state index contributed by atoms with van der Waals surface area (Å²) < 4.78 is 76.6. The minimum absolute atomic E-state index is 0.163. The van der Waals surface area contributed by atoms with Gasteiger partial charge in [-0.2, -0.15) is 26.3 Å². The fourth-order valence-corrected chi connectivity index (χ4v) is 1.98. The number of halogens is 6. The largest absolute Gasteiger partial charge is 0.417 e. The lowest BCUT2D eigenvalue weighted by molar-refractivity contribution is -0.138. The molecule has 23 heavy (non-hydrogen) atoms. The lowest BCUT2D eigenvalue weighted by atomic mass is 9.98. The van der Waals surface area contributed by atoms with E-state index in [1.54, 1.807) is 0 Å². The van der Waals surface area contributed by atoms with Crippen molar-refractivity contribution in [3.63, 3.8) is 0 Å². The van der Waals surface area contributed by atoms with Gasteiger partial charge in [0.15, 0.2) is 5.78 Å². The number of rotatable bonds is 2. The monoisotopic (exact) mass is 333 g/mol. The Kier molecular flexibility index (Phi) is 4.19. The van der Waals surface area contributed by atoms with Crippen LogP contribution in [0.3, 0.4) is 0 Å². The van der Waals surface area contributed by atoms with Gasteiger partial charge in [-0.1, -0.05) is 12.1 Å². The summed E-state index contributed by atoms with van der Waals surface area (Å²) in [5.41, 5.74) is -2.95. The Morgan fingerprint density at radius 3 is 2.09 bits per heavy atom. The molecule has 0 aliphatic rings. The molecule has 0 amide bonds. The molecule has 2 rings (SSSR count). The predicted octanol–water partition coefficient (Wildman–Crippen LogP) is 4.99. The SMILES string of the molecule is CC(=O)c1ncc(C(F)(F)F)cc1-c1cccc(C(F)(F)F)c1. The van der Waals surface area contributed by atoms with E-state index < -0.39 is 29.3 Å². The third-order valence-corrected chi connectivity index (χ3v) is 3.05. The fraction of sp³-hybridized carbons (Fsp3) is 0.200. The molecule has 0 fully saturated rings. The first-order valence-corrected chi connectivity index (χ1v) is 6.26. The number of hydrogen-bond acceptors (Lipinski definition) is 2. The van der Waals surface area contributed by atoms with E-state index >= 15 is 0 Å². The van der Waals surface area contributed by atoms with Crippen molar-refractivity contribution < 1.29 is 31.1 Å². The lowest BCUT2D eigenvalue weighted by Crippen LogP contribution is -2.10. The summed E-state index contributed by atoms with van der Waals surface area (Å²) in [6.07, 6.45) is -8.89. The second kappa shape index (κ2) is 5.68. The van der Waals surface area contributed by atoms with Crippen LogP contribution >= 0.6 is 0 Å². The fourth-order valence-electron chi connectivity index (χ4n) is 1.98. The number of aromatic nitrogens is 1. The van der Waals surface area contributed by atoms with Crippen molar-refractivity contribution in [2.24, 2.45) is 0 Å². The molecular formula is C15H9F6NO. The number of nitrogens with zero attached hydrogens (tertiary/aromatic N) is 1. The van der Waals surface area contributed by atoms with Gasteiger partial charge in [-0.15, -0.1) is 0 Å². The van der Waals surface area contributed by atoms with Gasteiger partial charge in [-0.3, -0.25) is 9.78 Å². The molecule has 2 nitrogen and oxygen atoms in total. The van der Waals surface area contributed by atoms with Gasteiger partial charge in [0.25, 0.3) is 0 Å². The maximum Gasteiger partial charge on any atom is 0.417 e. The van der Waals surface area contributed by atoms with Crippen LogP contribution in [0.2, 0.25) is 0 Å². The van der Waals surface area contributed by atoms with Crippen LogP contribution in [-0.4, -0.2) is 10.8 Å². The zero-order valence-electron chi connectivity index (χ0n) is 11.6. The third-order valence-electron chi connectivity index (χ3n) is 3.05. The molecule has 0 aliphatic carbocycles. The van der Waals surface area contributed by atoms with E-state index in [1.807, 2.05) is 0 Å². The van der Waals surface area contributed by atoms with Gasteiger partial charge < -0.3 is 0 Å². The summed E-state index contributed by atoms with van der Waals surface area (Å²) in [6.45, 7) is 1.08. The molecule has 0 atom stereocenters. The Bertz CT molecular complexity index is 748. The Morgan fingerprint density at radius 1 is 0.957 bits per heavy atom. The number of hydrogen-bond donors (Lipinski definition) is 0. The van der Waals surface area contributed by atoms with Crippen LogP contribution in [0.4, 0.5) is 26.3 Å². The minimum Gasteiger partial charge on any atom is -0.293 e. The standard InChI is InChI=1S/C15H9F6NO/c1-8(23)13-12(6-11(7-22-13)15(19,20)21)9-3-2-4-10(5-9)14(16,17)18/h2-7H,1H3. The Hall–Kier alpha value is -2.38.